The molecule has 0 aliphatic heterocycles. The van der Waals surface area contributed by atoms with E-state index < -0.39 is 0 Å². The van der Waals surface area contributed by atoms with Gasteiger partial charge >= 0.3 is 11.9 Å². The van der Waals surface area contributed by atoms with E-state index in [1.54, 1.807) is 37.4 Å². The number of ether oxygens (including phenoxy) is 2. The van der Waals surface area contributed by atoms with Gasteiger partial charge in [-0.25, -0.2) is 9.59 Å². The van der Waals surface area contributed by atoms with E-state index in [-0.39, 0.29) is 11.9 Å². The summed E-state index contributed by atoms with van der Waals surface area (Å²) in [6.07, 6.45) is 0. The minimum atomic E-state index is -0.335. The molecule has 0 amide bonds. The van der Waals surface area contributed by atoms with Gasteiger partial charge in [-0.2, -0.15) is 23.5 Å². The minimum absolute atomic E-state index is 0.335. The molecule has 0 N–H and O–H groups in total. The average Bonchev–Trinajstić information content (AvgIpc) is 2.61. The Kier molecular flexibility index (Phi) is 10.9. The largest absolute Gasteiger partial charge is 0.461 e. The average molecular weight is 395 g/mol. The Morgan fingerprint density at radius 2 is 1.31 bits per heavy atom. The number of benzene rings is 1. The van der Waals surface area contributed by atoms with E-state index in [4.69, 9.17) is 9.47 Å². The molecule has 0 aliphatic carbocycles. The molecule has 26 heavy (non-hydrogen) atoms. The van der Waals surface area contributed by atoms with Crippen LogP contribution in [-0.2, 0) is 30.6 Å². The van der Waals surface area contributed by atoms with Gasteiger partial charge in [0, 0.05) is 34.2 Å². The molecule has 0 saturated carbocycles. The lowest BCUT2D eigenvalue weighted by Gasteiger charge is -2.07. The first-order valence-corrected chi connectivity index (χ1v) is 10.6. The van der Waals surface area contributed by atoms with Crippen molar-refractivity contribution < 1.29 is 19.1 Å². The zero-order chi connectivity index (χ0) is 19.4. The van der Waals surface area contributed by atoms with Gasteiger partial charge in [-0.1, -0.05) is 37.4 Å². The second-order valence-corrected chi connectivity index (χ2v) is 7.97. The topological polar surface area (TPSA) is 52.6 Å². The molecule has 0 radical (unpaired) electrons. The maximum Gasteiger partial charge on any atom is 0.333 e. The summed E-state index contributed by atoms with van der Waals surface area (Å²) in [5.41, 5.74) is 3.34. The fraction of sp³-hybridized carbons (Fsp3) is 0.400. The second-order valence-electron chi connectivity index (χ2n) is 5.76. The molecule has 0 bridgehead atoms. The molecule has 0 heterocycles. The fourth-order valence-corrected chi connectivity index (χ4v) is 3.34. The highest BCUT2D eigenvalue weighted by Crippen LogP contribution is 2.17. The number of carbonyl (C=O) groups is 2. The van der Waals surface area contributed by atoms with Gasteiger partial charge in [0.1, 0.15) is 13.2 Å². The van der Waals surface area contributed by atoms with Crippen LogP contribution in [0.25, 0.3) is 0 Å². The molecule has 0 fully saturated rings. The molecule has 0 unspecified atom stereocenters. The van der Waals surface area contributed by atoms with Crippen molar-refractivity contribution in [3.05, 3.63) is 59.7 Å². The number of hydrogen-bond acceptors (Lipinski definition) is 6. The van der Waals surface area contributed by atoms with Gasteiger partial charge in [-0.05, 0) is 25.0 Å². The van der Waals surface area contributed by atoms with Crippen LogP contribution in [0.4, 0.5) is 0 Å². The number of hydrogen-bond donors (Lipinski definition) is 0. The van der Waals surface area contributed by atoms with Crippen molar-refractivity contribution in [1.82, 2.24) is 0 Å². The van der Waals surface area contributed by atoms with Crippen molar-refractivity contribution in [1.29, 1.82) is 0 Å². The van der Waals surface area contributed by atoms with Gasteiger partial charge in [-0.3, -0.25) is 0 Å². The van der Waals surface area contributed by atoms with Gasteiger partial charge in [0.05, 0.1) is 0 Å². The molecule has 1 aromatic rings. The second kappa shape index (κ2) is 12.7. The third kappa shape index (κ3) is 9.73. The summed E-state index contributed by atoms with van der Waals surface area (Å²) < 4.78 is 10.1. The minimum Gasteiger partial charge on any atom is -0.461 e. The summed E-state index contributed by atoms with van der Waals surface area (Å²) >= 11 is 3.45. The van der Waals surface area contributed by atoms with Gasteiger partial charge in [0.25, 0.3) is 0 Å². The summed E-state index contributed by atoms with van der Waals surface area (Å²) in [4.78, 5) is 22.5. The molecule has 6 heteroatoms. The van der Waals surface area contributed by atoms with Gasteiger partial charge in [-0.15, -0.1) is 0 Å². The first kappa shape index (κ1) is 22.4. The highest BCUT2D eigenvalue weighted by molar-refractivity contribution is 7.98. The van der Waals surface area contributed by atoms with Crippen molar-refractivity contribution in [3.8, 4) is 0 Å². The Bertz CT molecular complexity index is 589. The van der Waals surface area contributed by atoms with E-state index >= 15 is 0 Å². The Morgan fingerprint density at radius 3 is 1.69 bits per heavy atom. The van der Waals surface area contributed by atoms with E-state index in [9.17, 15) is 9.59 Å². The molecule has 0 spiro atoms. The van der Waals surface area contributed by atoms with Crippen LogP contribution in [0.3, 0.4) is 0 Å². The smallest absolute Gasteiger partial charge is 0.333 e. The van der Waals surface area contributed by atoms with Crippen LogP contribution >= 0.6 is 23.5 Å². The van der Waals surface area contributed by atoms with Gasteiger partial charge < -0.3 is 9.47 Å². The monoisotopic (exact) mass is 394 g/mol. The van der Waals surface area contributed by atoms with Crippen molar-refractivity contribution >= 4 is 35.5 Å². The summed E-state index contributed by atoms with van der Waals surface area (Å²) in [6, 6.07) is 8.42. The van der Waals surface area contributed by atoms with Crippen LogP contribution in [0, 0.1) is 0 Å². The van der Waals surface area contributed by atoms with E-state index in [1.165, 1.54) is 11.1 Å². The number of rotatable bonds is 12. The Morgan fingerprint density at radius 1 is 0.885 bits per heavy atom. The lowest BCUT2D eigenvalue weighted by atomic mass is 10.2. The Labute approximate surface area is 164 Å². The first-order chi connectivity index (χ1) is 12.4. The van der Waals surface area contributed by atoms with Crippen LogP contribution in [0.15, 0.2) is 48.6 Å². The molecule has 0 aliphatic rings. The van der Waals surface area contributed by atoms with Crippen LogP contribution in [0.1, 0.15) is 25.0 Å². The van der Waals surface area contributed by atoms with Crippen LogP contribution in [0.2, 0.25) is 0 Å². The van der Waals surface area contributed by atoms with Crippen LogP contribution in [-0.4, -0.2) is 36.7 Å². The van der Waals surface area contributed by atoms with Gasteiger partial charge in [0.15, 0.2) is 0 Å². The highest BCUT2D eigenvalue weighted by atomic mass is 32.2. The predicted octanol–water partition coefficient (Wildman–Crippen LogP) is 4.39. The third-order valence-corrected chi connectivity index (χ3v) is 5.13. The van der Waals surface area contributed by atoms with Crippen molar-refractivity contribution in [3.63, 3.8) is 0 Å². The molecule has 142 valence electrons. The van der Waals surface area contributed by atoms with Crippen LogP contribution in [0.5, 0.6) is 0 Å². The molecule has 0 aromatic heterocycles. The van der Waals surface area contributed by atoms with E-state index in [0.29, 0.717) is 24.4 Å². The van der Waals surface area contributed by atoms with Crippen molar-refractivity contribution in [2.24, 2.45) is 0 Å². The van der Waals surface area contributed by atoms with Crippen molar-refractivity contribution in [2.75, 3.05) is 24.7 Å². The summed E-state index contributed by atoms with van der Waals surface area (Å²) in [5.74, 6) is 2.59. The zero-order valence-corrected chi connectivity index (χ0v) is 17.0. The quantitative estimate of drug-likeness (QED) is 0.298. The summed E-state index contributed by atoms with van der Waals surface area (Å²) in [6.45, 7) is 11.2. The maximum atomic E-state index is 11.3. The number of esters is 2. The number of carbonyl (C=O) groups excluding carboxylic acids is 2. The Hall–Kier alpha value is -1.66. The third-order valence-electron chi connectivity index (χ3n) is 3.15. The highest BCUT2D eigenvalue weighted by Gasteiger charge is 2.04. The molecule has 0 atom stereocenters. The van der Waals surface area contributed by atoms with E-state index in [2.05, 4.69) is 31.4 Å². The summed E-state index contributed by atoms with van der Waals surface area (Å²) in [7, 11) is 0. The fourth-order valence-electron chi connectivity index (χ4n) is 1.82. The lowest BCUT2D eigenvalue weighted by molar-refractivity contribution is -0.139. The maximum absolute atomic E-state index is 11.3. The standard InChI is InChI=1S/C20H26O4S2/c1-15(2)19(21)23-8-10-25-13-17-6-5-7-18(12-17)14-26-11-9-24-20(22)16(3)4/h5-7,12H,1,3,8-11,13-14H2,2,4H3. The summed E-state index contributed by atoms with van der Waals surface area (Å²) in [5, 5.41) is 0. The lowest BCUT2D eigenvalue weighted by Crippen LogP contribution is -2.07. The Balaban J connectivity index is 2.22. The molecule has 1 aromatic carbocycles. The molecular formula is C20H26O4S2. The van der Waals surface area contributed by atoms with Crippen LogP contribution < -0.4 is 0 Å². The van der Waals surface area contributed by atoms with Gasteiger partial charge in [0.2, 0.25) is 0 Å². The van der Waals surface area contributed by atoms with E-state index in [0.717, 1.165) is 23.0 Å². The number of thioether (sulfide) groups is 2. The molecular weight excluding hydrogens is 368 g/mol. The molecule has 1 rings (SSSR count). The van der Waals surface area contributed by atoms with E-state index in [1.807, 2.05) is 6.07 Å². The SMILES string of the molecule is C=C(C)C(=O)OCCSCc1cccc(CSCCOC(=O)C(=C)C)c1. The molecule has 0 saturated heterocycles. The zero-order valence-electron chi connectivity index (χ0n) is 15.4. The van der Waals surface area contributed by atoms with Crippen molar-refractivity contribution in [2.45, 2.75) is 25.4 Å². The predicted molar refractivity (Wildman–Crippen MR) is 110 cm³/mol. The first-order valence-electron chi connectivity index (χ1n) is 8.28. The normalized spacial score (nSPS) is 10.2. The molecule has 4 nitrogen and oxygen atoms in total.